The third-order valence-corrected chi connectivity index (χ3v) is 3.31. The lowest BCUT2D eigenvalue weighted by molar-refractivity contribution is -0.138. The van der Waals surface area contributed by atoms with Crippen LogP contribution in [0.25, 0.3) is 0 Å². The van der Waals surface area contributed by atoms with Crippen LogP contribution in [0, 0.1) is 11.8 Å². The Labute approximate surface area is 85.1 Å². The van der Waals surface area contributed by atoms with Crippen LogP contribution in [0.2, 0.25) is 0 Å². The van der Waals surface area contributed by atoms with Gasteiger partial charge in [0.15, 0.2) is 0 Å². The zero-order valence-electron chi connectivity index (χ0n) is 8.12. The van der Waals surface area contributed by atoms with E-state index in [4.69, 9.17) is 10.8 Å². The highest BCUT2D eigenvalue weighted by atomic mass is 35.5. The molecule has 3 atom stereocenters. The van der Waals surface area contributed by atoms with Crippen molar-refractivity contribution in [2.45, 2.75) is 38.6 Å². The van der Waals surface area contributed by atoms with E-state index in [9.17, 15) is 4.79 Å². The van der Waals surface area contributed by atoms with Gasteiger partial charge in [0.05, 0.1) is 6.42 Å². The molecule has 3 unspecified atom stereocenters. The van der Waals surface area contributed by atoms with E-state index in [2.05, 4.69) is 13.8 Å². The summed E-state index contributed by atoms with van der Waals surface area (Å²) in [7, 11) is 0. The van der Waals surface area contributed by atoms with Gasteiger partial charge in [-0.25, -0.2) is 0 Å². The fourth-order valence-electron chi connectivity index (χ4n) is 2.07. The average Bonchev–Trinajstić information content (AvgIpc) is 2.16. The minimum Gasteiger partial charge on any atom is -0.481 e. The van der Waals surface area contributed by atoms with Crippen LogP contribution in [-0.2, 0) is 4.79 Å². The van der Waals surface area contributed by atoms with E-state index in [1.54, 1.807) is 0 Å². The smallest absolute Gasteiger partial charge is 0.305 e. The number of nitrogens with two attached hydrogens (primary N) is 1. The van der Waals surface area contributed by atoms with E-state index in [-0.39, 0.29) is 18.8 Å². The summed E-state index contributed by atoms with van der Waals surface area (Å²) in [4.78, 5) is 10.5. The molecule has 3 N–H and O–H groups in total. The fraction of sp³-hybridized carbons (Fsp3) is 0.889. The molecule has 0 aromatic carbocycles. The van der Waals surface area contributed by atoms with Crippen LogP contribution in [0.3, 0.4) is 0 Å². The highest BCUT2D eigenvalue weighted by Gasteiger charge is 2.42. The van der Waals surface area contributed by atoms with Crippen molar-refractivity contribution in [2.75, 3.05) is 0 Å². The van der Waals surface area contributed by atoms with Crippen molar-refractivity contribution < 1.29 is 9.90 Å². The summed E-state index contributed by atoms with van der Waals surface area (Å²) in [5.74, 6) is 0.112. The van der Waals surface area contributed by atoms with E-state index in [0.29, 0.717) is 11.8 Å². The van der Waals surface area contributed by atoms with E-state index in [0.717, 1.165) is 12.8 Å². The minimum absolute atomic E-state index is 0. The summed E-state index contributed by atoms with van der Waals surface area (Å²) < 4.78 is 0. The molecular formula is C9H18ClNO2. The maximum absolute atomic E-state index is 10.5. The molecule has 1 aliphatic carbocycles. The predicted octanol–water partition coefficient (Wildman–Crippen LogP) is 1.65. The van der Waals surface area contributed by atoms with Crippen LogP contribution in [0.4, 0.5) is 0 Å². The topological polar surface area (TPSA) is 63.3 Å². The second kappa shape index (κ2) is 4.29. The molecule has 0 saturated heterocycles. The molecule has 0 bridgehead atoms. The van der Waals surface area contributed by atoms with Crippen molar-refractivity contribution in [3.05, 3.63) is 0 Å². The number of carboxylic acids is 1. The molecule has 13 heavy (non-hydrogen) atoms. The molecule has 1 fully saturated rings. The van der Waals surface area contributed by atoms with E-state index < -0.39 is 11.5 Å². The van der Waals surface area contributed by atoms with Crippen molar-refractivity contribution >= 4 is 18.4 Å². The Balaban J connectivity index is 0.00000144. The summed E-state index contributed by atoms with van der Waals surface area (Å²) in [6, 6.07) is 0. The van der Waals surface area contributed by atoms with Gasteiger partial charge in [-0.2, -0.15) is 0 Å². The molecule has 1 rings (SSSR count). The molecule has 1 saturated carbocycles. The van der Waals surface area contributed by atoms with Gasteiger partial charge in [0.2, 0.25) is 0 Å². The third kappa shape index (κ3) is 2.58. The lowest BCUT2D eigenvalue weighted by Gasteiger charge is -2.28. The number of hydrogen-bond donors (Lipinski definition) is 2. The van der Waals surface area contributed by atoms with Gasteiger partial charge < -0.3 is 10.8 Å². The van der Waals surface area contributed by atoms with E-state index >= 15 is 0 Å². The van der Waals surface area contributed by atoms with Gasteiger partial charge in [-0.15, -0.1) is 12.4 Å². The van der Waals surface area contributed by atoms with Crippen LogP contribution in [-0.4, -0.2) is 16.6 Å². The molecule has 78 valence electrons. The average molecular weight is 208 g/mol. The molecule has 0 amide bonds. The number of carbonyl (C=O) groups is 1. The monoisotopic (exact) mass is 207 g/mol. The number of halogens is 1. The SMILES string of the molecule is CC1CCC(N)(CC(=O)O)C1C.Cl. The molecule has 0 aromatic heterocycles. The first-order valence-electron chi connectivity index (χ1n) is 4.46. The second-order valence-electron chi connectivity index (χ2n) is 4.11. The van der Waals surface area contributed by atoms with Crippen molar-refractivity contribution in [1.29, 1.82) is 0 Å². The third-order valence-electron chi connectivity index (χ3n) is 3.31. The Hall–Kier alpha value is -0.280. The summed E-state index contributed by atoms with van der Waals surface area (Å²) >= 11 is 0. The Kier molecular flexibility index (Phi) is 4.20. The Morgan fingerprint density at radius 2 is 2.15 bits per heavy atom. The zero-order valence-corrected chi connectivity index (χ0v) is 8.93. The first-order valence-corrected chi connectivity index (χ1v) is 4.46. The standard InChI is InChI=1S/C9H17NO2.ClH/c1-6-3-4-9(10,7(6)2)5-8(11)12;/h6-7H,3-5,10H2,1-2H3,(H,11,12);1H. The first-order chi connectivity index (χ1) is 5.46. The Morgan fingerprint density at radius 3 is 2.46 bits per heavy atom. The van der Waals surface area contributed by atoms with Gasteiger partial charge in [-0.3, -0.25) is 4.79 Å². The normalized spacial score (nSPS) is 38.4. The van der Waals surface area contributed by atoms with Crippen LogP contribution >= 0.6 is 12.4 Å². The Morgan fingerprint density at radius 1 is 1.62 bits per heavy atom. The molecule has 0 aromatic rings. The van der Waals surface area contributed by atoms with Crippen molar-refractivity contribution in [1.82, 2.24) is 0 Å². The summed E-state index contributed by atoms with van der Waals surface area (Å²) in [6.07, 6.45) is 2.02. The first kappa shape index (κ1) is 12.7. The molecule has 0 aliphatic heterocycles. The molecule has 4 heteroatoms. The van der Waals surface area contributed by atoms with Crippen molar-refractivity contribution in [3.8, 4) is 0 Å². The van der Waals surface area contributed by atoms with Crippen LogP contribution in [0.1, 0.15) is 33.1 Å². The molecule has 0 radical (unpaired) electrons. The van der Waals surface area contributed by atoms with E-state index in [1.165, 1.54) is 0 Å². The molecule has 0 heterocycles. The van der Waals surface area contributed by atoms with Gasteiger partial charge in [0.25, 0.3) is 0 Å². The van der Waals surface area contributed by atoms with Crippen molar-refractivity contribution in [2.24, 2.45) is 17.6 Å². The minimum atomic E-state index is -0.779. The summed E-state index contributed by atoms with van der Waals surface area (Å²) in [5, 5.41) is 8.66. The number of hydrogen-bond acceptors (Lipinski definition) is 2. The number of rotatable bonds is 2. The zero-order chi connectivity index (χ0) is 9.35. The van der Waals surface area contributed by atoms with Crippen LogP contribution in [0.15, 0.2) is 0 Å². The van der Waals surface area contributed by atoms with Gasteiger partial charge in [0.1, 0.15) is 0 Å². The highest BCUT2D eigenvalue weighted by Crippen LogP contribution is 2.39. The lowest BCUT2D eigenvalue weighted by Crippen LogP contribution is -2.45. The number of aliphatic carboxylic acids is 1. The van der Waals surface area contributed by atoms with Gasteiger partial charge >= 0.3 is 5.97 Å². The van der Waals surface area contributed by atoms with Gasteiger partial charge in [-0.05, 0) is 24.7 Å². The quantitative estimate of drug-likeness (QED) is 0.724. The molecular weight excluding hydrogens is 190 g/mol. The van der Waals surface area contributed by atoms with Crippen LogP contribution in [0.5, 0.6) is 0 Å². The fourth-order valence-corrected chi connectivity index (χ4v) is 2.07. The van der Waals surface area contributed by atoms with Crippen LogP contribution < -0.4 is 5.73 Å². The molecule has 3 nitrogen and oxygen atoms in total. The predicted molar refractivity (Wildman–Crippen MR) is 54.0 cm³/mol. The van der Waals surface area contributed by atoms with E-state index in [1.807, 2.05) is 0 Å². The summed E-state index contributed by atoms with van der Waals surface area (Å²) in [6.45, 7) is 4.20. The molecule has 1 aliphatic rings. The summed E-state index contributed by atoms with van der Waals surface area (Å²) in [5.41, 5.74) is 5.56. The largest absolute Gasteiger partial charge is 0.481 e. The number of carboxylic acid groups (broad SMARTS) is 1. The van der Waals surface area contributed by atoms with Gasteiger partial charge in [0, 0.05) is 5.54 Å². The van der Waals surface area contributed by atoms with Gasteiger partial charge in [-0.1, -0.05) is 13.8 Å². The maximum Gasteiger partial charge on any atom is 0.305 e. The highest BCUT2D eigenvalue weighted by molar-refractivity contribution is 5.85. The second-order valence-corrected chi connectivity index (χ2v) is 4.11. The lowest BCUT2D eigenvalue weighted by atomic mass is 9.83. The molecule has 0 spiro atoms. The maximum atomic E-state index is 10.5. The van der Waals surface area contributed by atoms with Crippen molar-refractivity contribution in [3.63, 3.8) is 0 Å². The Bertz CT molecular complexity index is 198.